The van der Waals surface area contributed by atoms with Crippen molar-refractivity contribution in [3.05, 3.63) is 11.6 Å². The molecule has 4 N–H and O–H groups in total. The maximum Gasteiger partial charge on any atom is 0.0642 e. The van der Waals surface area contributed by atoms with Gasteiger partial charge >= 0.3 is 0 Å². The Morgan fingerprint density at radius 3 is 1.56 bits per heavy atom. The highest BCUT2D eigenvalue weighted by Gasteiger charge is 2.25. The van der Waals surface area contributed by atoms with Crippen LogP contribution in [0.2, 0.25) is 0 Å². The summed E-state index contributed by atoms with van der Waals surface area (Å²) in [5, 5.41) is 10.9. The minimum atomic E-state index is -0.990. The van der Waals surface area contributed by atoms with E-state index in [0.717, 1.165) is 0 Å². The number of rotatable bonds is 3. The average molecular weight is 253 g/mol. The summed E-state index contributed by atoms with van der Waals surface area (Å²) in [5.41, 5.74) is 1.21. The molecule has 2 aliphatic carbocycles. The summed E-state index contributed by atoms with van der Waals surface area (Å²) < 4.78 is 0. The Bertz CT molecular complexity index is 267. The fourth-order valence-corrected chi connectivity index (χ4v) is 3.58. The van der Waals surface area contributed by atoms with Gasteiger partial charge in [-0.25, -0.2) is 0 Å². The van der Waals surface area contributed by atoms with Crippen molar-refractivity contribution in [1.82, 2.24) is 6.15 Å². The van der Waals surface area contributed by atoms with Gasteiger partial charge in [0.05, 0.1) is 5.97 Å². The topological polar surface area (TPSA) is 76.6 Å². The van der Waals surface area contributed by atoms with Gasteiger partial charge < -0.3 is 16.1 Å². The zero-order valence-electron chi connectivity index (χ0n) is 11.6. The van der Waals surface area contributed by atoms with Gasteiger partial charge in [-0.15, -0.1) is 0 Å². The van der Waals surface area contributed by atoms with Gasteiger partial charge in [-0.05, 0) is 43.6 Å². The lowest BCUT2D eigenvalue weighted by Crippen LogP contribution is -2.25. The van der Waals surface area contributed by atoms with Crippen molar-refractivity contribution in [2.75, 3.05) is 0 Å². The SMILES string of the molecule is O=C([O-])C=C(C1CCCCC1)C1CCCCC1.[NH4+]. The van der Waals surface area contributed by atoms with Crippen molar-refractivity contribution < 1.29 is 9.90 Å². The number of aliphatic carboxylic acids is 1. The van der Waals surface area contributed by atoms with Gasteiger partial charge in [0.1, 0.15) is 0 Å². The van der Waals surface area contributed by atoms with Crippen LogP contribution in [0.3, 0.4) is 0 Å². The van der Waals surface area contributed by atoms with Gasteiger partial charge in [-0.3, -0.25) is 0 Å². The highest BCUT2D eigenvalue weighted by atomic mass is 16.4. The van der Waals surface area contributed by atoms with E-state index in [1.807, 2.05) is 0 Å². The first-order valence-corrected chi connectivity index (χ1v) is 7.20. The van der Waals surface area contributed by atoms with Crippen LogP contribution in [-0.2, 0) is 4.79 Å². The molecule has 2 saturated carbocycles. The number of hydrogen-bond acceptors (Lipinski definition) is 2. The quantitative estimate of drug-likeness (QED) is 0.784. The van der Waals surface area contributed by atoms with Gasteiger partial charge in [-0.1, -0.05) is 44.1 Å². The molecule has 0 atom stereocenters. The molecule has 2 fully saturated rings. The summed E-state index contributed by atoms with van der Waals surface area (Å²) in [6.07, 6.45) is 13.9. The van der Waals surface area contributed by atoms with Crippen molar-refractivity contribution in [3.8, 4) is 0 Å². The number of carboxylic acids is 1. The van der Waals surface area contributed by atoms with Crippen LogP contribution >= 0.6 is 0 Å². The first-order chi connectivity index (χ1) is 8.27. The first-order valence-electron chi connectivity index (χ1n) is 7.20. The molecule has 2 aliphatic rings. The fraction of sp³-hybridized carbons (Fsp3) is 0.800. The van der Waals surface area contributed by atoms with E-state index >= 15 is 0 Å². The molecule has 0 aliphatic heterocycles. The second kappa shape index (κ2) is 7.57. The van der Waals surface area contributed by atoms with Crippen molar-refractivity contribution in [1.29, 1.82) is 0 Å². The summed E-state index contributed by atoms with van der Waals surface area (Å²) in [7, 11) is 0. The van der Waals surface area contributed by atoms with Crippen molar-refractivity contribution in [3.63, 3.8) is 0 Å². The van der Waals surface area contributed by atoms with Crippen LogP contribution in [0.1, 0.15) is 64.2 Å². The Kier molecular flexibility index (Phi) is 6.41. The van der Waals surface area contributed by atoms with Gasteiger partial charge in [0.25, 0.3) is 0 Å². The third kappa shape index (κ3) is 4.13. The molecule has 0 aromatic heterocycles. The summed E-state index contributed by atoms with van der Waals surface area (Å²) >= 11 is 0. The second-order valence-electron chi connectivity index (χ2n) is 5.63. The molecule has 104 valence electrons. The van der Waals surface area contributed by atoms with E-state index in [9.17, 15) is 9.90 Å². The Morgan fingerprint density at radius 2 is 1.22 bits per heavy atom. The monoisotopic (exact) mass is 253 g/mol. The van der Waals surface area contributed by atoms with Crippen molar-refractivity contribution >= 4 is 5.97 Å². The van der Waals surface area contributed by atoms with Crippen LogP contribution < -0.4 is 11.3 Å². The van der Waals surface area contributed by atoms with Crippen LogP contribution in [0.25, 0.3) is 0 Å². The minimum Gasteiger partial charge on any atom is -0.545 e. The summed E-state index contributed by atoms with van der Waals surface area (Å²) in [5.74, 6) is 0.0747. The van der Waals surface area contributed by atoms with Gasteiger partial charge in [0.2, 0.25) is 0 Å². The standard InChI is InChI=1S/C15H24O2.H3N/c16-15(17)11-14(12-7-3-1-4-8-12)13-9-5-2-6-10-13;/h11-13H,1-10H2,(H,16,17);1H3. The van der Waals surface area contributed by atoms with Crippen LogP contribution in [0.5, 0.6) is 0 Å². The third-order valence-corrected chi connectivity index (χ3v) is 4.44. The maximum absolute atomic E-state index is 10.9. The molecule has 3 heteroatoms. The lowest BCUT2D eigenvalue weighted by atomic mass is 9.73. The van der Waals surface area contributed by atoms with Gasteiger partial charge in [0, 0.05) is 0 Å². The zero-order valence-corrected chi connectivity index (χ0v) is 11.6. The molecule has 18 heavy (non-hydrogen) atoms. The summed E-state index contributed by atoms with van der Waals surface area (Å²) in [4.78, 5) is 10.9. The van der Waals surface area contributed by atoms with Crippen LogP contribution in [0.15, 0.2) is 11.6 Å². The van der Waals surface area contributed by atoms with Gasteiger partial charge in [0.15, 0.2) is 0 Å². The Hall–Kier alpha value is -0.830. The number of hydrogen-bond donors (Lipinski definition) is 1. The van der Waals surface area contributed by atoms with E-state index in [-0.39, 0.29) is 6.15 Å². The molecule has 0 aromatic rings. The molecule has 0 amide bonds. The third-order valence-electron chi connectivity index (χ3n) is 4.44. The predicted molar refractivity (Wildman–Crippen MR) is 72.2 cm³/mol. The van der Waals surface area contributed by atoms with Crippen LogP contribution in [0.4, 0.5) is 0 Å². The number of carbonyl (C=O) groups is 1. The van der Waals surface area contributed by atoms with Crippen molar-refractivity contribution in [2.24, 2.45) is 11.8 Å². The molecular weight excluding hydrogens is 226 g/mol. The maximum atomic E-state index is 10.9. The fourth-order valence-electron chi connectivity index (χ4n) is 3.58. The highest BCUT2D eigenvalue weighted by molar-refractivity contribution is 5.78. The van der Waals surface area contributed by atoms with E-state index in [0.29, 0.717) is 11.8 Å². The highest BCUT2D eigenvalue weighted by Crippen LogP contribution is 2.39. The van der Waals surface area contributed by atoms with E-state index in [4.69, 9.17) is 0 Å². The molecular formula is C15H27NO2. The zero-order chi connectivity index (χ0) is 12.1. The lowest BCUT2D eigenvalue weighted by Gasteiger charge is -2.32. The normalized spacial score (nSPS) is 22.0. The molecule has 2 rings (SSSR count). The molecule has 0 aromatic carbocycles. The van der Waals surface area contributed by atoms with E-state index in [1.165, 1.54) is 75.9 Å². The van der Waals surface area contributed by atoms with E-state index in [1.54, 1.807) is 0 Å². The van der Waals surface area contributed by atoms with Crippen LogP contribution in [0, 0.1) is 11.8 Å². The molecule has 3 nitrogen and oxygen atoms in total. The minimum absolute atomic E-state index is 0. The lowest BCUT2D eigenvalue weighted by molar-refractivity contribution is -0.297. The Balaban J connectivity index is 0.00000162. The number of carboxylic acid groups (broad SMARTS) is 1. The summed E-state index contributed by atoms with van der Waals surface area (Å²) in [6.45, 7) is 0. The molecule has 0 saturated heterocycles. The molecule has 0 bridgehead atoms. The molecule has 0 spiro atoms. The molecule has 0 radical (unpaired) electrons. The Labute approximate surface area is 110 Å². The average Bonchev–Trinajstić information content (AvgIpc) is 2.38. The number of quaternary nitrogens is 1. The molecule has 0 unspecified atom stereocenters. The number of allylic oxidation sites excluding steroid dienone is 1. The predicted octanol–water partition coefficient (Wildman–Crippen LogP) is 3.20. The number of carbonyl (C=O) groups excluding carboxylic acids is 1. The first kappa shape index (κ1) is 15.2. The van der Waals surface area contributed by atoms with Gasteiger partial charge in [-0.2, -0.15) is 0 Å². The largest absolute Gasteiger partial charge is 0.545 e. The van der Waals surface area contributed by atoms with Crippen molar-refractivity contribution in [2.45, 2.75) is 64.2 Å². The molecule has 0 heterocycles. The van der Waals surface area contributed by atoms with E-state index < -0.39 is 5.97 Å². The van der Waals surface area contributed by atoms with Crippen LogP contribution in [-0.4, -0.2) is 5.97 Å². The Morgan fingerprint density at radius 1 is 0.833 bits per heavy atom. The second-order valence-corrected chi connectivity index (χ2v) is 5.63. The smallest absolute Gasteiger partial charge is 0.0642 e. The summed E-state index contributed by atoms with van der Waals surface area (Å²) in [6, 6.07) is 0. The van der Waals surface area contributed by atoms with E-state index in [2.05, 4.69) is 0 Å².